The topological polar surface area (TPSA) is 12.0 Å². The van der Waals surface area contributed by atoms with E-state index in [1.165, 1.54) is 16.0 Å². The predicted octanol–water partition coefficient (Wildman–Crippen LogP) is 4.72. The van der Waals surface area contributed by atoms with Gasteiger partial charge in [-0.1, -0.05) is 30.7 Å². The maximum absolute atomic E-state index is 6.23. The molecule has 96 valence electrons. The van der Waals surface area contributed by atoms with Crippen molar-refractivity contribution in [3.8, 4) is 0 Å². The van der Waals surface area contributed by atoms with Gasteiger partial charge in [-0.3, -0.25) is 0 Å². The largest absolute Gasteiger partial charge is 0.306 e. The third-order valence-corrected chi connectivity index (χ3v) is 4.69. The van der Waals surface area contributed by atoms with Gasteiger partial charge >= 0.3 is 0 Å². The normalized spacial score (nSPS) is 12.7. The number of hydrogen-bond acceptors (Lipinski definition) is 2. The molecule has 0 amide bonds. The molecule has 0 aliphatic carbocycles. The number of rotatable bonds is 4. The number of halogens is 1. The average Bonchev–Trinajstić information content (AvgIpc) is 2.76. The van der Waals surface area contributed by atoms with Crippen LogP contribution in [0.3, 0.4) is 0 Å². The summed E-state index contributed by atoms with van der Waals surface area (Å²) >= 11 is 8.04. The summed E-state index contributed by atoms with van der Waals surface area (Å²) < 4.78 is 0. The molecule has 0 saturated heterocycles. The number of aryl methyl sites for hydroxylation is 1. The molecule has 1 aromatic heterocycles. The van der Waals surface area contributed by atoms with Crippen LogP contribution in [0.2, 0.25) is 5.02 Å². The lowest BCUT2D eigenvalue weighted by Gasteiger charge is -2.21. The third-order valence-electron chi connectivity index (χ3n) is 3.19. The maximum atomic E-state index is 6.23. The van der Waals surface area contributed by atoms with E-state index in [1.807, 2.05) is 12.1 Å². The molecule has 3 heteroatoms. The molecule has 1 heterocycles. The predicted molar refractivity (Wildman–Crippen MR) is 80.8 cm³/mol. The van der Waals surface area contributed by atoms with Crippen molar-refractivity contribution in [3.63, 3.8) is 0 Å². The van der Waals surface area contributed by atoms with Gasteiger partial charge in [0.2, 0.25) is 0 Å². The lowest BCUT2D eigenvalue weighted by molar-refractivity contribution is 0.634. The van der Waals surface area contributed by atoms with Crippen molar-refractivity contribution in [2.45, 2.75) is 26.8 Å². The minimum Gasteiger partial charge on any atom is -0.306 e. The van der Waals surface area contributed by atoms with Gasteiger partial charge in [0.15, 0.2) is 0 Å². The molecule has 1 aromatic carbocycles. The van der Waals surface area contributed by atoms with Crippen LogP contribution >= 0.6 is 22.9 Å². The highest BCUT2D eigenvalue weighted by atomic mass is 35.5. The first kappa shape index (κ1) is 13.6. The smallest absolute Gasteiger partial charge is 0.0676 e. The van der Waals surface area contributed by atoms with Crippen molar-refractivity contribution >= 4 is 22.9 Å². The van der Waals surface area contributed by atoms with Gasteiger partial charge in [-0.15, -0.1) is 11.3 Å². The van der Waals surface area contributed by atoms with Crippen molar-refractivity contribution in [1.82, 2.24) is 5.32 Å². The molecule has 0 bridgehead atoms. The van der Waals surface area contributed by atoms with Crippen LogP contribution in [0, 0.1) is 13.8 Å². The molecule has 0 aliphatic heterocycles. The summed E-state index contributed by atoms with van der Waals surface area (Å²) in [7, 11) is 0. The summed E-state index contributed by atoms with van der Waals surface area (Å²) in [5.41, 5.74) is 3.78. The standard InChI is InChI=1S/C15H18ClNS/c1-4-17-14(15-10(2)8-9-18-15)12-6-5-7-13(16)11(12)3/h5-9,14,17H,4H2,1-3H3. The van der Waals surface area contributed by atoms with Gasteiger partial charge in [0.1, 0.15) is 0 Å². The summed E-state index contributed by atoms with van der Waals surface area (Å²) in [4.78, 5) is 1.38. The minimum atomic E-state index is 0.244. The van der Waals surface area contributed by atoms with Crippen LogP contribution < -0.4 is 5.32 Å². The number of hydrogen-bond donors (Lipinski definition) is 1. The van der Waals surface area contributed by atoms with Gasteiger partial charge in [0.25, 0.3) is 0 Å². The van der Waals surface area contributed by atoms with Gasteiger partial charge in [-0.05, 0) is 54.6 Å². The van der Waals surface area contributed by atoms with E-state index in [4.69, 9.17) is 11.6 Å². The van der Waals surface area contributed by atoms with Crippen molar-refractivity contribution in [3.05, 3.63) is 56.2 Å². The summed E-state index contributed by atoms with van der Waals surface area (Å²) in [6.07, 6.45) is 0. The molecule has 2 rings (SSSR count). The Balaban J connectivity index is 2.48. The van der Waals surface area contributed by atoms with Gasteiger partial charge in [-0.25, -0.2) is 0 Å². The number of thiophene rings is 1. The zero-order valence-electron chi connectivity index (χ0n) is 11.0. The lowest BCUT2D eigenvalue weighted by Crippen LogP contribution is -2.22. The van der Waals surface area contributed by atoms with E-state index in [0.29, 0.717) is 0 Å². The van der Waals surface area contributed by atoms with Crippen molar-refractivity contribution in [2.75, 3.05) is 6.54 Å². The first-order valence-electron chi connectivity index (χ1n) is 6.17. The molecule has 1 N–H and O–H groups in total. The summed E-state index contributed by atoms with van der Waals surface area (Å²) in [6, 6.07) is 8.55. The van der Waals surface area contributed by atoms with Gasteiger partial charge in [-0.2, -0.15) is 0 Å². The highest BCUT2D eigenvalue weighted by Crippen LogP contribution is 2.33. The van der Waals surface area contributed by atoms with E-state index < -0.39 is 0 Å². The van der Waals surface area contributed by atoms with Gasteiger partial charge < -0.3 is 5.32 Å². The van der Waals surface area contributed by atoms with Gasteiger partial charge in [0.05, 0.1) is 6.04 Å². The number of nitrogens with one attached hydrogen (secondary N) is 1. The molecule has 0 radical (unpaired) electrons. The molecule has 0 saturated carbocycles. The Morgan fingerprint density at radius 2 is 2.06 bits per heavy atom. The maximum Gasteiger partial charge on any atom is 0.0676 e. The highest BCUT2D eigenvalue weighted by Gasteiger charge is 2.18. The lowest BCUT2D eigenvalue weighted by atomic mass is 9.98. The molecule has 0 spiro atoms. The molecule has 1 atom stereocenters. The van der Waals surface area contributed by atoms with E-state index in [9.17, 15) is 0 Å². The third kappa shape index (κ3) is 2.61. The van der Waals surface area contributed by atoms with Gasteiger partial charge in [0, 0.05) is 9.90 Å². The average molecular weight is 280 g/mol. The zero-order valence-corrected chi connectivity index (χ0v) is 12.5. The van der Waals surface area contributed by atoms with Crippen molar-refractivity contribution in [1.29, 1.82) is 0 Å². The van der Waals surface area contributed by atoms with Crippen LogP contribution in [0.1, 0.15) is 34.5 Å². The molecular formula is C15H18ClNS. The molecule has 1 nitrogen and oxygen atoms in total. The van der Waals surface area contributed by atoms with Crippen LogP contribution in [-0.4, -0.2) is 6.54 Å². The monoisotopic (exact) mass is 279 g/mol. The van der Waals surface area contributed by atoms with E-state index in [2.05, 4.69) is 43.6 Å². The summed E-state index contributed by atoms with van der Waals surface area (Å²) in [5.74, 6) is 0. The second-order valence-corrected chi connectivity index (χ2v) is 5.77. The Morgan fingerprint density at radius 3 is 2.67 bits per heavy atom. The summed E-state index contributed by atoms with van der Waals surface area (Å²) in [6.45, 7) is 7.32. The minimum absolute atomic E-state index is 0.244. The van der Waals surface area contributed by atoms with Crippen molar-refractivity contribution < 1.29 is 0 Å². The second-order valence-electron chi connectivity index (χ2n) is 4.41. The summed E-state index contributed by atoms with van der Waals surface area (Å²) in [5, 5.41) is 6.55. The Labute approximate surface area is 118 Å². The zero-order chi connectivity index (χ0) is 13.1. The fraction of sp³-hybridized carbons (Fsp3) is 0.333. The molecule has 0 aliphatic rings. The SMILES string of the molecule is CCNC(c1cccc(Cl)c1C)c1sccc1C. The first-order chi connectivity index (χ1) is 8.65. The Bertz CT molecular complexity index is 533. The molecular weight excluding hydrogens is 262 g/mol. The molecule has 1 unspecified atom stereocenters. The Hall–Kier alpha value is -0.830. The fourth-order valence-electron chi connectivity index (χ4n) is 2.17. The molecule has 18 heavy (non-hydrogen) atoms. The van der Waals surface area contributed by atoms with Crippen LogP contribution in [0.4, 0.5) is 0 Å². The van der Waals surface area contributed by atoms with Crippen LogP contribution in [-0.2, 0) is 0 Å². The highest BCUT2D eigenvalue weighted by molar-refractivity contribution is 7.10. The van der Waals surface area contributed by atoms with E-state index in [0.717, 1.165) is 17.1 Å². The second kappa shape index (κ2) is 5.87. The fourth-order valence-corrected chi connectivity index (χ4v) is 3.37. The van der Waals surface area contributed by atoms with Crippen LogP contribution in [0.25, 0.3) is 0 Å². The Kier molecular flexibility index (Phi) is 4.44. The van der Waals surface area contributed by atoms with Crippen LogP contribution in [0.15, 0.2) is 29.6 Å². The van der Waals surface area contributed by atoms with E-state index >= 15 is 0 Å². The van der Waals surface area contributed by atoms with E-state index in [-0.39, 0.29) is 6.04 Å². The molecule has 2 aromatic rings. The molecule has 0 fully saturated rings. The number of benzene rings is 1. The first-order valence-corrected chi connectivity index (χ1v) is 7.43. The Morgan fingerprint density at radius 1 is 1.28 bits per heavy atom. The van der Waals surface area contributed by atoms with E-state index in [1.54, 1.807) is 11.3 Å². The van der Waals surface area contributed by atoms with Crippen LogP contribution in [0.5, 0.6) is 0 Å². The quantitative estimate of drug-likeness (QED) is 0.854. The van der Waals surface area contributed by atoms with Crippen molar-refractivity contribution in [2.24, 2.45) is 0 Å².